The molecule has 2 fully saturated rings. The zero-order valence-electron chi connectivity index (χ0n) is 18.8. The summed E-state index contributed by atoms with van der Waals surface area (Å²) in [7, 11) is 1.76. The Kier molecular flexibility index (Phi) is 10.6. The van der Waals surface area contributed by atoms with E-state index in [2.05, 4.69) is 39.3 Å². The quantitative estimate of drug-likeness (QED) is 0.328. The molecule has 0 unspecified atom stereocenters. The van der Waals surface area contributed by atoms with Crippen LogP contribution in [0.15, 0.2) is 29.3 Å². The van der Waals surface area contributed by atoms with Crippen LogP contribution >= 0.6 is 35.6 Å². The third kappa shape index (κ3) is 7.68. The van der Waals surface area contributed by atoms with E-state index in [0.717, 1.165) is 62.8 Å². The fourth-order valence-electron chi connectivity index (χ4n) is 4.09. The first-order valence-corrected chi connectivity index (χ1v) is 11.3. The number of aliphatic imine (C=N–C) groups is 1. The number of piperidine rings is 1. The molecule has 0 radical (unpaired) electrons. The van der Waals surface area contributed by atoms with Crippen LogP contribution in [0.5, 0.6) is 0 Å². The summed E-state index contributed by atoms with van der Waals surface area (Å²) in [5, 5.41) is 7.42. The molecule has 0 aromatic heterocycles. The monoisotopic (exact) mass is 562 g/mol. The summed E-state index contributed by atoms with van der Waals surface area (Å²) in [5.74, 6) is 0.828. The molecule has 7 nitrogen and oxygen atoms in total. The van der Waals surface area contributed by atoms with Crippen molar-refractivity contribution in [2.45, 2.75) is 38.8 Å². The maximum absolute atomic E-state index is 12.7. The number of nitrogens with one attached hydrogen (secondary N) is 2. The Morgan fingerprint density at radius 2 is 1.71 bits per heavy atom. The smallest absolute Gasteiger partial charge is 0.242 e. The van der Waals surface area contributed by atoms with Gasteiger partial charge in [-0.3, -0.25) is 9.79 Å². The minimum atomic E-state index is 0. The second-order valence-corrected chi connectivity index (χ2v) is 8.75. The highest BCUT2D eigenvalue weighted by molar-refractivity contribution is 14.0. The second kappa shape index (κ2) is 12.7. The van der Waals surface area contributed by atoms with Crippen molar-refractivity contribution in [3.63, 3.8) is 0 Å². The Hall–Kier alpha value is -1.26. The third-order valence-electron chi connectivity index (χ3n) is 6.06. The lowest BCUT2D eigenvalue weighted by atomic mass is 10.0. The molecule has 1 aromatic carbocycles. The standard InChI is InChI=1S/C22H35ClN6O.HI/c1-17(2)27-10-8-19(9-11-27)26-22(24-3)25-16-21(30)29-14-12-28(13-15-29)20-6-4-18(23)5-7-20;/h4-7,17,19H,8-16H2,1-3H3,(H2,24,25,26);1H. The number of anilines is 1. The summed E-state index contributed by atoms with van der Waals surface area (Å²) in [5.41, 5.74) is 1.15. The van der Waals surface area contributed by atoms with Gasteiger partial charge in [0.2, 0.25) is 5.91 Å². The van der Waals surface area contributed by atoms with Crippen LogP contribution in [0.3, 0.4) is 0 Å². The molecule has 1 aromatic rings. The van der Waals surface area contributed by atoms with Gasteiger partial charge in [-0.1, -0.05) is 11.6 Å². The van der Waals surface area contributed by atoms with Crippen LogP contribution in [0, 0.1) is 0 Å². The van der Waals surface area contributed by atoms with E-state index in [9.17, 15) is 4.79 Å². The van der Waals surface area contributed by atoms with Crippen LogP contribution in [-0.4, -0.2) is 86.6 Å². The van der Waals surface area contributed by atoms with Gasteiger partial charge in [0, 0.05) is 69.1 Å². The molecule has 0 bridgehead atoms. The van der Waals surface area contributed by atoms with Crippen LogP contribution in [0.2, 0.25) is 5.02 Å². The van der Waals surface area contributed by atoms with Crippen molar-refractivity contribution in [1.29, 1.82) is 0 Å². The van der Waals surface area contributed by atoms with Gasteiger partial charge in [0.25, 0.3) is 0 Å². The highest BCUT2D eigenvalue weighted by atomic mass is 127. The van der Waals surface area contributed by atoms with Crippen molar-refractivity contribution in [2.75, 3.05) is 57.8 Å². The first kappa shape index (κ1) is 26.0. The lowest BCUT2D eigenvalue weighted by Crippen LogP contribution is -2.53. The number of halogens is 2. The van der Waals surface area contributed by atoms with Crippen molar-refractivity contribution < 1.29 is 4.79 Å². The molecule has 2 heterocycles. The number of rotatable bonds is 5. The number of likely N-dealkylation sites (tertiary alicyclic amines) is 1. The van der Waals surface area contributed by atoms with Crippen LogP contribution in [0.25, 0.3) is 0 Å². The average Bonchev–Trinajstić information content (AvgIpc) is 2.77. The Morgan fingerprint density at radius 1 is 1.10 bits per heavy atom. The molecule has 9 heteroatoms. The summed E-state index contributed by atoms with van der Waals surface area (Å²) in [6.07, 6.45) is 2.19. The largest absolute Gasteiger partial charge is 0.368 e. The molecular formula is C22H36ClIN6O. The van der Waals surface area contributed by atoms with E-state index in [-0.39, 0.29) is 36.4 Å². The summed E-state index contributed by atoms with van der Waals surface area (Å²) in [6.45, 7) is 10.1. The second-order valence-electron chi connectivity index (χ2n) is 8.32. The summed E-state index contributed by atoms with van der Waals surface area (Å²) < 4.78 is 0. The van der Waals surface area contributed by atoms with Gasteiger partial charge in [0.1, 0.15) is 0 Å². The van der Waals surface area contributed by atoms with Crippen LogP contribution in [0.1, 0.15) is 26.7 Å². The van der Waals surface area contributed by atoms with Gasteiger partial charge < -0.3 is 25.3 Å². The highest BCUT2D eigenvalue weighted by Gasteiger charge is 2.23. The highest BCUT2D eigenvalue weighted by Crippen LogP contribution is 2.19. The number of guanidine groups is 1. The summed E-state index contributed by atoms with van der Waals surface area (Å²) in [4.78, 5) is 23.7. The maximum Gasteiger partial charge on any atom is 0.242 e. The third-order valence-corrected chi connectivity index (χ3v) is 6.31. The molecule has 2 aliphatic rings. The molecule has 0 aliphatic carbocycles. The van der Waals surface area contributed by atoms with Crippen molar-refractivity contribution in [1.82, 2.24) is 20.4 Å². The fourth-order valence-corrected chi connectivity index (χ4v) is 4.21. The van der Waals surface area contributed by atoms with E-state index >= 15 is 0 Å². The molecule has 2 saturated heterocycles. The van der Waals surface area contributed by atoms with E-state index in [0.29, 0.717) is 18.0 Å². The van der Waals surface area contributed by atoms with E-state index < -0.39 is 0 Å². The molecule has 2 N–H and O–H groups in total. The number of carbonyl (C=O) groups is 1. The lowest BCUT2D eigenvalue weighted by Gasteiger charge is -2.36. The first-order chi connectivity index (χ1) is 14.5. The number of hydrogen-bond acceptors (Lipinski definition) is 4. The van der Waals surface area contributed by atoms with Crippen molar-refractivity contribution in [2.24, 2.45) is 4.99 Å². The zero-order valence-corrected chi connectivity index (χ0v) is 21.9. The van der Waals surface area contributed by atoms with Crippen molar-refractivity contribution in [3.05, 3.63) is 29.3 Å². The Labute approximate surface area is 208 Å². The zero-order chi connectivity index (χ0) is 21.5. The minimum absolute atomic E-state index is 0. The minimum Gasteiger partial charge on any atom is -0.368 e. The number of amides is 1. The van der Waals surface area contributed by atoms with E-state index in [1.54, 1.807) is 7.05 Å². The number of nitrogens with zero attached hydrogens (tertiary/aromatic N) is 4. The molecular weight excluding hydrogens is 527 g/mol. The predicted octanol–water partition coefficient (Wildman–Crippen LogP) is 2.64. The van der Waals surface area contributed by atoms with Gasteiger partial charge in [-0.05, 0) is 51.0 Å². The Bertz CT molecular complexity index is 713. The number of hydrogen-bond donors (Lipinski definition) is 2. The number of carbonyl (C=O) groups excluding carboxylic acids is 1. The van der Waals surface area contributed by atoms with E-state index in [4.69, 9.17) is 11.6 Å². The molecule has 0 spiro atoms. The van der Waals surface area contributed by atoms with E-state index in [1.807, 2.05) is 29.2 Å². The predicted molar refractivity (Wildman–Crippen MR) is 140 cm³/mol. The van der Waals surface area contributed by atoms with Crippen molar-refractivity contribution >= 4 is 53.1 Å². The van der Waals surface area contributed by atoms with Crippen LogP contribution in [0.4, 0.5) is 5.69 Å². The molecule has 1 amide bonds. The van der Waals surface area contributed by atoms with Gasteiger partial charge in [0.15, 0.2) is 5.96 Å². The summed E-state index contributed by atoms with van der Waals surface area (Å²) in [6, 6.07) is 8.88. The summed E-state index contributed by atoms with van der Waals surface area (Å²) >= 11 is 5.97. The van der Waals surface area contributed by atoms with Gasteiger partial charge in [0.05, 0.1) is 6.54 Å². The molecule has 0 atom stereocenters. The number of piperazine rings is 1. The first-order valence-electron chi connectivity index (χ1n) is 11.0. The molecule has 31 heavy (non-hydrogen) atoms. The average molecular weight is 563 g/mol. The van der Waals surface area contributed by atoms with Gasteiger partial charge >= 0.3 is 0 Å². The normalized spacial score (nSPS) is 18.7. The fraction of sp³-hybridized carbons (Fsp3) is 0.636. The number of benzene rings is 1. The van der Waals surface area contributed by atoms with Crippen LogP contribution < -0.4 is 15.5 Å². The SMILES string of the molecule is CN=C(NCC(=O)N1CCN(c2ccc(Cl)cc2)CC1)NC1CCN(C(C)C)CC1.I. The topological polar surface area (TPSA) is 63.2 Å². The van der Waals surface area contributed by atoms with Gasteiger partial charge in [-0.2, -0.15) is 0 Å². The van der Waals surface area contributed by atoms with E-state index in [1.165, 1.54) is 0 Å². The van der Waals surface area contributed by atoms with Gasteiger partial charge in [-0.25, -0.2) is 0 Å². The lowest BCUT2D eigenvalue weighted by molar-refractivity contribution is -0.130. The maximum atomic E-state index is 12.7. The van der Waals surface area contributed by atoms with Crippen molar-refractivity contribution in [3.8, 4) is 0 Å². The Balaban J connectivity index is 0.00000341. The molecule has 2 aliphatic heterocycles. The van der Waals surface area contributed by atoms with Gasteiger partial charge in [-0.15, -0.1) is 24.0 Å². The molecule has 174 valence electrons. The Morgan fingerprint density at radius 3 is 2.26 bits per heavy atom. The molecule has 3 rings (SSSR count). The van der Waals surface area contributed by atoms with Crippen LogP contribution in [-0.2, 0) is 4.79 Å². The molecule has 0 saturated carbocycles.